The number of rotatable bonds is 8. The summed E-state index contributed by atoms with van der Waals surface area (Å²) >= 11 is 0. The van der Waals surface area contributed by atoms with Gasteiger partial charge in [0.05, 0.1) is 10.8 Å². The maximum atomic E-state index is 12.4. The van der Waals surface area contributed by atoms with Gasteiger partial charge in [0.15, 0.2) is 0 Å². The van der Waals surface area contributed by atoms with Crippen LogP contribution in [0.15, 0.2) is 29.2 Å². The second-order valence-electron chi connectivity index (χ2n) is 5.66. The molecular weight excluding hydrogens is 346 g/mol. The molecule has 2 amide bonds. The van der Waals surface area contributed by atoms with Crippen molar-refractivity contribution in [2.24, 2.45) is 5.92 Å². The molecule has 0 saturated heterocycles. The fourth-order valence-electron chi connectivity index (χ4n) is 2.21. The van der Waals surface area contributed by atoms with Gasteiger partial charge in [0, 0.05) is 32.4 Å². The number of carbonyl (C=O) groups excluding carboxylic acids is 1. The van der Waals surface area contributed by atoms with Gasteiger partial charge in [-0.25, -0.2) is 13.2 Å². The zero-order valence-corrected chi connectivity index (χ0v) is 15.7. The van der Waals surface area contributed by atoms with Crippen molar-refractivity contribution in [2.75, 3.05) is 32.0 Å². The van der Waals surface area contributed by atoms with Crippen molar-refractivity contribution < 1.29 is 23.1 Å². The fraction of sp³-hybridized carbons (Fsp3) is 0.500. The smallest absolute Gasteiger partial charge is 0.321 e. The van der Waals surface area contributed by atoms with Crippen molar-refractivity contribution in [3.63, 3.8) is 0 Å². The molecule has 0 spiro atoms. The van der Waals surface area contributed by atoms with Crippen molar-refractivity contribution >= 4 is 27.7 Å². The van der Waals surface area contributed by atoms with E-state index in [0.717, 1.165) is 0 Å². The van der Waals surface area contributed by atoms with Crippen molar-refractivity contribution in [1.29, 1.82) is 0 Å². The standard InChI is InChI=1S/C16H25N3O5S/c1-5-19(6-2)25(23,24)14-9-7-13(8-10-14)17-16(22)18(4)11-12(3)15(20)21/h7-10,12H,5-6,11H2,1-4H3,(H,17,22)(H,20,21). The first-order valence-electron chi connectivity index (χ1n) is 7.98. The van der Waals surface area contributed by atoms with Crippen molar-refractivity contribution in [2.45, 2.75) is 25.7 Å². The van der Waals surface area contributed by atoms with Gasteiger partial charge in [-0.3, -0.25) is 4.79 Å². The molecule has 0 aliphatic heterocycles. The summed E-state index contributed by atoms with van der Waals surface area (Å²) < 4.78 is 26.1. The largest absolute Gasteiger partial charge is 0.481 e. The molecule has 0 aromatic heterocycles. The van der Waals surface area contributed by atoms with Gasteiger partial charge in [-0.05, 0) is 24.3 Å². The van der Waals surface area contributed by atoms with E-state index in [0.29, 0.717) is 18.8 Å². The molecule has 0 aliphatic carbocycles. The minimum atomic E-state index is -3.54. The maximum Gasteiger partial charge on any atom is 0.321 e. The number of hydrogen-bond donors (Lipinski definition) is 2. The Hall–Kier alpha value is -2.13. The predicted molar refractivity (Wildman–Crippen MR) is 95.0 cm³/mol. The summed E-state index contributed by atoms with van der Waals surface area (Å²) in [7, 11) is -2.05. The Labute approximate surface area is 148 Å². The summed E-state index contributed by atoms with van der Waals surface area (Å²) in [5.74, 6) is -1.66. The first-order chi connectivity index (χ1) is 11.6. The number of hydrogen-bond acceptors (Lipinski definition) is 4. The first kappa shape index (κ1) is 20.9. The number of amides is 2. The number of carboxylic acid groups (broad SMARTS) is 1. The van der Waals surface area contributed by atoms with Gasteiger partial charge >= 0.3 is 12.0 Å². The molecule has 1 rings (SSSR count). The number of benzene rings is 1. The van der Waals surface area contributed by atoms with Crippen molar-refractivity contribution in [3.05, 3.63) is 24.3 Å². The quantitative estimate of drug-likeness (QED) is 0.726. The highest BCUT2D eigenvalue weighted by atomic mass is 32.2. The molecule has 1 atom stereocenters. The molecule has 25 heavy (non-hydrogen) atoms. The topological polar surface area (TPSA) is 107 Å². The van der Waals surface area contributed by atoms with Crippen LogP contribution in [0.3, 0.4) is 0 Å². The van der Waals surface area contributed by atoms with Gasteiger partial charge in [0.25, 0.3) is 0 Å². The Morgan fingerprint density at radius 2 is 1.68 bits per heavy atom. The van der Waals surface area contributed by atoms with Crippen LogP contribution in [0, 0.1) is 5.92 Å². The van der Waals surface area contributed by atoms with Crippen LogP contribution in [-0.4, -0.2) is 61.4 Å². The number of sulfonamides is 1. The molecule has 1 aromatic rings. The number of carbonyl (C=O) groups is 2. The van der Waals surface area contributed by atoms with Crippen LogP contribution in [0.1, 0.15) is 20.8 Å². The number of carboxylic acids is 1. The number of anilines is 1. The SMILES string of the molecule is CCN(CC)S(=O)(=O)c1ccc(NC(=O)N(C)CC(C)C(=O)O)cc1. The van der Waals surface area contributed by atoms with Crippen LogP contribution < -0.4 is 5.32 Å². The van der Waals surface area contributed by atoms with Crippen LogP contribution in [0.25, 0.3) is 0 Å². The van der Waals surface area contributed by atoms with Crippen LogP contribution in [-0.2, 0) is 14.8 Å². The Bertz CT molecular complexity index is 699. The third-order valence-electron chi connectivity index (χ3n) is 3.76. The van der Waals surface area contributed by atoms with Crippen LogP contribution >= 0.6 is 0 Å². The minimum absolute atomic E-state index is 0.0651. The summed E-state index contributed by atoms with van der Waals surface area (Å²) in [4.78, 5) is 24.3. The summed E-state index contributed by atoms with van der Waals surface area (Å²) in [5.41, 5.74) is 0.429. The third-order valence-corrected chi connectivity index (χ3v) is 5.83. The molecule has 9 heteroatoms. The first-order valence-corrected chi connectivity index (χ1v) is 9.42. The minimum Gasteiger partial charge on any atom is -0.481 e. The molecule has 1 aromatic carbocycles. The number of nitrogens with one attached hydrogen (secondary N) is 1. The van der Waals surface area contributed by atoms with Gasteiger partial charge in [-0.15, -0.1) is 0 Å². The van der Waals surface area contributed by atoms with E-state index in [2.05, 4.69) is 5.32 Å². The van der Waals surface area contributed by atoms with Crippen LogP contribution in [0.4, 0.5) is 10.5 Å². The molecule has 0 heterocycles. The summed E-state index contributed by atoms with van der Waals surface area (Å²) in [6, 6.07) is 5.41. The molecule has 1 unspecified atom stereocenters. The molecule has 0 bridgehead atoms. The van der Waals surface area contributed by atoms with Gasteiger partial charge in [-0.2, -0.15) is 4.31 Å². The molecule has 0 fully saturated rings. The third kappa shape index (κ3) is 5.43. The monoisotopic (exact) mass is 371 g/mol. The summed E-state index contributed by atoms with van der Waals surface area (Å²) in [6.07, 6.45) is 0. The van der Waals surface area contributed by atoms with Crippen molar-refractivity contribution in [3.8, 4) is 0 Å². The Balaban J connectivity index is 2.80. The maximum absolute atomic E-state index is 12.4. The molecular formula is C16H25N3O5S. The Kier molecular flexibility index (Phi) is 7.38. The van der Waals surface area contributed by atoms with E-state index in [-0.39, 0.29) is 11.4 Å². The van der Waals surface area contributed by atoms with Gasteiger partial charge in [0.1, 0.15) is 0 Å². The normalized spacial score (nSPS) is 12.7. The zero-order valence-electron chi connectivity index (χ0n) is 14.9. The van der Waals surface area contributed by atoms with Gasteiger partial charge in [0.2, 0.25) is 10.0 Å². The van der Waals surface area contributed by atoms with Crippen molar-refractivity contribution in [1.82, 2.24) is 9.21 Å². The van der Waals surface area contributed by atoms with E-state index >= 15 is 0 Å². The predicted octanol–water partition coefficient (Wildman–Crippen LogP) is 1.90. The molecule has 0 saturated carbocycles. The molecule has 140 valence electrons. The zero-order chi connectivity index (χ0) is 19.2. The number of nitrogens with zero attached hydrogens (tertiary/aromatic N) is 2. The second-order valence-corrected chi connectivity index (χ2v) is 7.60. The molecule has 8 nitrogen and oxygen atoms in total. The lowest BCUT2D eigenvalue weighted by atomic mass is 10.2. The summed E-state index contributed by atoms with van der Waals surface area (Å²) in [5, 5.41) is 11.5. The van der Waals surface area contributed by atoms with E-state index in [1.807, 2.05) is 0 Å². The van der Waals surface area contributed by atoms with Gasteiger partial charge < -0.3 is 15.3 Å². The lowest BCUT2D eigenvalue weighted by Gasteiger charge is -2.20. The van der Waals surface area contributed by atoms with E-state index in [9.17, 15) is 18.0 Å². The van der Waals surface area contributed by atoms with E-state index in [1.54, 1.807) is 13.8 Å². The molecule has 2 N–H and O–H groups in total. The van der Waals surface area contributed by atoms with E-state index in [1.165, 1.54) is 47.4 Å². The molecule has 0 radical (unpaired) electrons. The highest BCUT2D eigenvalue weighted by Crippen LogP contribution is 2.18. The average Bonchev–Trinajstić information content (AvgIpc) is 2.55. The van der Waals surface area contributed by atoms with Gasteiger partial charge in [-0.1, -0.05) is 20.8 Å². The van der Waals surface area contributed by atoms with Crippen LogP contribution in [0.2, 0.25) is 0 Å². The van der Waals surface area contributed by atoms with Crippen LogP contribution in [0.5, 0.6) is 0 Å². The highest BCUT2D eigenvalue weighted by Gasteiger charge is 2.21. The Morgan fingerprint density at radius 3 is 2.12 bits per heavy atom. The lowest BCUT2D eigenvalue weighted by molar-refractivity contribution is -0.141. The second kappa shape index (κ2) is 8.82. The Morgan fingerprint density at radius 1 is 1.16 bits per heavy atom. The number of aliphatic carboxylic acids is 1. The number of urea groups is 1. The molecule has 0 aliphatic rings. The highest BCUT2D eigenvalue weighted by molar-refractivity contribution is 7.89. The summed E-state index contributed by atoms with van der Waals surface area (Å²) in [6.45, 7) is 5.87. The van der Waals surface area contributed by atoms with E-state index < -0.39 is 27.9 Å². The average molecular weight is 371 g/mol. The fourth-order valence-corrected chi connectivity index (χ4v) is 3.67. The lowest BCUT2D eigenvalue weighted by Crippen LogP contribution is -2.36. The van der Waals surface area contributed by atoms with E-state index in [4.69, 9.17) is 5.11 Å².